The quantitative estimate of drug-likeness (QED) is 0.735. The maximum absolute atomic E-state index is 13.8. The van der Waals surface area contributed by atoms with E-state index in [0.29, 0.717) is 12.1 Å². The molecule has 21 heavy (non-hydrogen) atoms. The Kier molecular flexibility index (Phi) is 3.48. The molecule has 3 heteroatoms. The number of fused-ring (bicyclic) bond motifs is 1. The number of hydrogen-bond donors (Lipinski definition) is 2. The molecule has 0 amide bonds. The number of benzene rings is 3. The van der Waals surface area contributed by atoms with E-state index in [9.17, 15) is 9.50 Å². The highest BCUT2D eigenvalue weighted by atomic mass is 19.1. The molecule has 0 saturated carbocycles. The van der Waals surface area contributed by atoms with Gasteiger partial charge in [0.2, 0.25) is 0 Å². The highest BCUT2D eigenvalue weighted by Gasteiger charge is 2.06. The molecule has 0 radical (unpaired) electrons. The molecular weight excluding hydrogens is 265 g/mol. The van der Waals surface area contributed by atoms with Crippen LogP contribution in [0.2, 0.25) is 0 Å². The van der Waals surface area contributed by atoms with Gasteiger partial charge in [-0.15, -0.1) is 0 Å². The first-order chi connectivity index (χ1) is 10.1. The van der Waals surface area contributed by atoms with Gasteiger partial charge in [-0.3, -0.25) is 0 Å². The lowest BCUT2D eigenvalue weighted by atomic mass is 10.1. The number of aryl methyl sites for hydroxylation is 1. The number of rotatable bonds is 3. The first-order valence-corrected chi connectivity index (χ1v) is 6.85. The Morgan fingerprint density at radius 1 is 1.00 bits per heavy atom. The van der Waals surface area contributed by atoms with Crippen LogP contribution in [-0.4, -0.2) is 5.11 Å². The predicted octanol–water partition coefficient (Wildman–Crippen LogP) is 4.61. The molecule has 3 aromatic rings. The molecule has 2 N–H and O–H groups in total. The van der Waals surface area contributed by atoms with Gasteiger partial charge in [-0.1, -0.05) is 42.0 Å². The van der Waals surface area contributed by atoms with Crippen LogP contribution in [0.15, 0.2) is 54.6 Å². The van der Waals surface area contributed by atoms with Gasteiger partial charge in [0.15, 0.2) is 0 Å². The van der Waals surface area contributed by atoms with Crippen LogP contribution in [0, 0.1) is 12.7 Å². The van der Waals surface area contributed by atoms with Crippen molar-refractivity contribution in [3.63, 3.8) is 0 Å². The van der Waals surface area contributed by atoms with E-state index in [4.69, 9.17) is 0 Å². The minimum Gasteiger partial charge on any atom is -0.507 e. The molecule has 106 valence electrons. The number of nitrogens with one attached hydrogen (secondary N) is 1. The Morgan fingerprint density at radius 3 is 2.62 bits per heavy atom. The third-order valence-electron chi connectivity index (χ3n) is 3.57. The molecule has 0 atom stereocenters. The highest BCUT2D eigenvalue weighted by Crippen LogP contribution is 2.30. The molecule has 0 spiro atoms. The first-order valence-electron chi connectivity index (χ1n) is 6.85. The van der Waals surface area contributed by atoms with Crippen LogP contribution in [0.25, 0.3) is 10.8 Å². The average molecular weight is 281 g/mol. The van der Waals surface area contributed by atoms with Gasteiger partial charge in [-0.05, 0) is 25.1 Å². The molecule has 0 heterocycles. The van der Waals surface area contributed by atoms with Gasteiger partial charge in [0, 0.05) is 28.6 Å². The summed E-state index contributed by atoms with van der Waals surface area (Å²) in [4.78, 5) is 0. The summed E-state index contributed by atoms with van der Waals surface area (Å²) in [6.45, 7) is 2.35. The number of aromatic hydroxyl groups is 1. The number of halogens is 1. The Labute approximate surface area is 122 Å². The van der Waals surface area contributed by atoms with E-state index < -0.39 is 0 Å². The maximum Gasteiger partial charge on any atom is 0.128 e. The van der Waals surface area contributed by atoms with E-state index in [0.717, 1.165) is 22.0 Å². The topological polar surface area (TPSA) is 32.3 Å². The zero-order valence-corrected chi connectivity index (χ0v) is 11.7. The van der Waals surface area contributed by atoms with E-state index in [2.05, 4.69) is 5.32 Å². The zero-order valence-electron chi connectivity index (χ0n) is 11.7. The molecule has 2 nitrogen and oxygen atoms in total. The van der Waals surface area contributed by atoms with Gasteiger partial charge >= 0.3 is 0 Å². The molecule has 0 unspecified atom stereocenters. The summed E-state index contributed by atoms with van der Waals surface area (Å²) < 4.78 is 13.8. The first kappa shape index (κ1) is 13.4. The van der Waals surface area contributed by atoms with Crippen molar-refractivity contribution in [1.82, 2.24) is 0 Å². The van der Waals surface area contributed by atoms with Gasteiger partial charge in [0.05, 0.1) is 0 Å². The second-order valence-corrected chi connectivity index (χ2v) is 5.13. The smallest absolute Gasteiger partial charge is 0.128 e. The largest absolute Gasteiger partial charge is 0.507 e. The Bertz CT molecular complexity index is 798. The second kappa shape index (κ2) is 5.44. The minimum absolute atomic E-state index is 0.212. The molecule has 3 aromatic carbocycles. The Morgan fingerprint density at radius 2 is 1.76 bits per heavy atom. The lowest BCUT2D eigenvalue weighted by Gasteiger charge is -2.11. The molecule has 0 aliphatic heterocycles. The lowest BCUT2D eigenvalue weighted by molar-refractivity contribution is 0.481. The predicted molar refractivity (Wildman–Crippen MR) is 84.1 cm³/mol. The van der Waals surface area contributed by atoms with Crippen molar-refractivity contribution in [2.75, 3.05) is 5.32 Å². The summed E-state index contributed by atoms with van der Waals surface area (Å²) >= 11 is 0. The normalized spacial score (nSPS) is 10.8. The molecule has 0 aromatic heterocycles. The lowest BCUT2D eigenvalue weighted by Crippen LogP contribution is -2.02. The summed E-state index contributed by atoms with van der Waals surface area (Å²) in [5, 5.41) is 14.8. The molecule has 0 aliphatic carbocycles. The fourth-order valence-corrected chi connectivity index (χ4v) is 2.48. The molecule has 0 aliphatic rings. The van der Waals surface area contributed by atoms with Gasteiger partial charge in [-0.2, -0.15) is 0 Å². The fourth-order valence-electron chi connectivity index (χ4n) is 2.48. The summed E-state index contributed by atoms with van der Waals surface area (Å²) in [7, 11) is 0. The van der Waals surface area contributed by atoms with Crippen LogP contribution >= 0.6 is 0 Å². The van der Waals surface area contributed by atoms with Crippen LogP contribution in [-0.2, 0) is 6.54 Å². The van der Waals surface area contributed by atoms with Crippen molar-refractivity contribution in [3.05, 3.63) is 71.5 Å². The Balaban J connectivity index is 1.92. The molecule has 3 rings (SSSR count). The van der Waals surface area contributed by atoms with Gasteiger partial charge in [-0.25, -0.2) is 4.39 Å². The van der Waals surface area contributed by atoms with Gasteiger partial charge < -0.3 is 10.4 Å². The van der Waals surface area contributed by atoms with E-state index in [1.165, 1.54) is 6.07 Å². The number of anilines is 1. The van der Waals surface area contributed by atoms with Crippen LogP contribution in [0.3, 0.4) is 0 Å². The maximum atomic E-state index is 13.8. The van der Waals surface area contributed by atoms with Crippen molar-refractivity contribution in [2.45, 2.75) is 13.5 Å². The summed E-state index contributed by atoms with van der Waals surface area (Å²) in [6, 6.07) is 16.1. The SMILES string of the molecule is Cc1ccc(F)c(CNc2cccc3c(O)cccc23)c1. The third kappa shape index (κ3) is 2.68. The van der Waals surface area contributed by atoms with Crippen molar-refractivity contribution < 1.29 is 9.50 Å². The number of hydrogen-bond acceptors (Lipinski definition) is 2. The molecule has 0 fully saturated rings. The standard InChI is InChI=1S/C18H16FNO/c1-12-8-9-16(19)13(10-12)11-20-17-6-2-5-15-14(17)4-3-7-18(15)21/h2-10,20-21H,11H2,1H3. The third-order valence-corrected chi connectivity index (χ3v) is 3.57. The van der Waals surface area contributed by atoms with Crippen LogP contribution in [0.4, 0.5) is 10.1 Å². The van der Waals surface area contributed by atoms with Crippen LogP contribution < -0.4 is 5.32 Å². The van der Waals surface area contributed by atoms with Gasteiger partial charge in [0.25, 0.3) is 0 Å². The van der Waals surface area contributed by atoms with Crippen LogP contribution in [0.5, 0.6) is 5.75 Å². The molecular formula is C18H16FNO. The van der Waals surface area contributed by atoms with Crippen molar-refractivity contribution in [1.29, 1.82) is 0 Å². The Hall–Kier alpha value is -2.55. The average Bonchev–Trinajstić information content (AvgIpc) is 2.49. The van der Waals surface area contributed by atoms with E-state index >= 15 is 0 Å². The van der Waals surface area contributed by atoms with E-state index in [1.807, 2.05) is 37.3 Å². The van der Waals surface area contributed by atoms with Crippen molar-refractivity contribution in [2.24, 2.45) is 0 Å². The molecule has 0 saturated heterocycles. The minimum atomic E-state index is -0.212. The summed E-state index contributed by atoms with van der Waals surface area (Å²) in [6.07, 6.45) is 0. The van der Waals surface area contributed by atoms with Crippen LogP contribution in [0.1, 0.15) is 11.1 Å². The fraction of sp³-hybridized carbons (Fsp3) is 0.111. The summed E-state index contributed by atoms with van der Waals surface area (Å²) in [5.41, 5.74) is 2.54. The monoisotopic (exact) mass is 281 g/mol. The molecule has 0 bridgehead atoms. The number of phenols is 1. The second-order valence-electron chi connectivity index (χ2n) is 5.13. The van der Waals surface area contributed by atoms with E-state index in [-0.39, 0.29) is 11.6 Å². The summed E-state index contributed by atoms with van der Waals surface area (Å²) in [5.74, 6) is 0.0362. The van der Waals surface area contributed by atoms with Gasteiger partial charge in [0.1, 0.15) is 11.6 Å². The van der Waals surface area contributed by atoms with Crippen molar-refractivity contribution in [3.8, 4) is 5.75 Å². The number of phenolic OH excluding ortho intramolecular Hbond substituents is 1. The van der Waals surface area contributed by atoms with E-state index in [1.54, 1.807) is 18.2 Å². The zero-order chi connectivity index (χ0) is 14.8. The van der Waals surface area contributed by atoms with Crippen molar-refractivity contribution >= 4 is 16.5 Å². The highest BCUT2D eigenvalue weighted by molar-refractivity contribution is 5.97.